The van der Waals surface area contributed by atoms with Crippen molar-refractivity contribution in [1.29, 1.82) is 0 Å². The first-order valence-electron chi connectivity index (χ1n) is 14.4. The third-order valence-corrected chi connectivity index (χ3v) is 6.12. The first-order chi connectivity index (χ1) is 16.0. The quantitative estimate of drug-likeness (QED) is 0.305. The number of alkyl halides is 1. The summed E-state index contributed by atoms with van der Waals surface area (Å²) in [6.07, 6.45) is 12.7. The van der Waals surface area contributed by atoms with E-state index in [4.69, 9.17) is 11.6 Å². The molecule has 3 nitrogen and oxygen atoms in total. The van der Waals surface area contributed by atoms with E-state index in [1.807, 2.05) is 55.4 Å². The normalized spacial score (nSPS) is 19.6. The number of amides is 2. The van der Waals surface area contributed by atoms with E-state index >= 15 is 0 Å². The van der Waals surface area contributed by atoms with Gasteiger partial charge >= 0.3 is 0 Å². The zero-order chi connectivity index (χ0) is 28.2. The third-order valence-electron chi connectivity index (χ3n) is 6.12. The van der Waals surface area contributed by atoms with E-state index in [0.29, 0.717) is 22.6 Å². The highest BCUT2D eigenvalue weighted by Gasteiger charge is 2.43. The zero-order valence-electron chi connectivity index (χ0n) is 26.0. The summed E-state index contributed by atoms with van der Waals surface area (Å²) in [4.78, 5) is 21.0. The van der Waals surface area contributed by atoms with Crippen molar-refractivity contribution in [2.24, 2.45) is 16.7 Å². The van der Waals surface area contributed by atoms with E-state index in [9.17, 15) is 9.59 Å². The molecule has 2 aliphatic rings. The Bertz CT molecular complexity index is 402. The van der Waals surface area contributed by atoms with Crippen LogP contribution in [0.3, 0.4) is 0 Å². The van der Waals surface area contributed by atoms with Crippen LogP contribution in [0, 0.1) is 16.7 Å². The molecule has 4 heteroatoms. The van der Waals surface area contributed by atoms with Crippen LogP contribution in [0.25, 0.3) is 0 Å². The number of carbonyl (C=O) groups is 2. The van der Waals surface area contributed by atoms with Crippen molar-refractivity contribution >= 4 is 23.9 Å². The highest BCUT2D eigenvalue weighted by Crippen LogP contribution is 2.54. The number of hydrogen-bond acceptors (Lipinski definition) is 2. The predicted molar refractivity (Wildman–Crippen MR) is 158 cm³/mol. The predicted octanol–water partition coefficient (Wildman–Crippen LogP) is 10.6. The minimum absolute atomic E-state index is 0.0916. The average Bonchev–Trinajstić information content (AvgIpc) is 3.11. The van der Waals surface area contributed by atoms with Gasteiger partial charge < -0.3 is 0 Å². The fourth-order valence-electron chi connectivity index (χ4n) is 3.76. The highest BCUT2D eigenvalue weighted by molar-refractivity contribution is 6.20. The highest BCUT2D eigenvalue weighted by atomic mass is 35.5. The minimum Gasteiger partial charge on any atom is -0.299 e. The second kappa shape index (κ2) is 30.5. The molecule has 0 saturated heterocycles. The van der Waals surface area contributed by atoms with Crippen LogP contribution in [-0.4, -0.2) is 17.7 Å². The Morgan fingerprint density at radius 3 is 1.50 bits per heavy atom. The van der Waals surface area contributed by atoms with Crippen LogP contribution in [0.15, 0.2) is 0 Å². The largest absolute Gasteiger partial charge is 0.299 e. The van der Waals surface area contributed by atoms with Gasteiger partial charge in [0.1, 0.15) is 0 Å². The Balaban J connectivity index is -0.000000111. The Morgan fingerprint density at radius 2 is 1.26 bits per heavy atom. The Morgan fingerprint density at radius 1 is 0.882 bits per heavy atom. The lowest BCUT2D eigenvalue weighted by molar-refractivity contribution is -0.129. The summed E-state index contributed by atoms with van der Waals surface area (Å²) in [5.41, 5.74) is 1.23. The van der Waals surface area contributed by atoms with Gasteiger partial charge in [-0.1, -0.05) is 122 Å². The fourth-order valence-corrected chi connectivity index (χ4v) is 3.76. The SMILES string of the molecule is CC.CC.CC.CC(C)Cl.CCC.CCC1(C)CCCC1(C)C.O=CNC(=O)C1CCCCC1. The first-order valence-corrected chi connectivity index (χ1v) is 14.8. The lowest BCUT2D eigenvalue weighted by Crippen LogP contribution is -2.30. The molecule has 1 N–H and O–H groups in total. The molecule has 0 heterocycles. The number of carbonyl (C=O) groups excluding carboxylic acids is 2. The molecule has 2 aliphatic carbocycles. The first kappa shape index (κ1) is 43.5. The monoisotopic (exact) mass is 507 g/mol. The van der Waals surface area contributed by atoms with Gasteiger partial charge in [0.15, 0.2) is 0 Å². The third kappa shape index (κ3) is 24.6. The fraction of sp³-hybridized carbons (Fsp3) is 0.933. The summed E-state index contributed by atoms with van der Waals surface area (Å²) < 4.78 is 0. The number of rotatable bonds is 3. The maximum absolute atomic E-state index is 11.1. The van der Waals surface area contributed by atoms with E-state index in [-0.39, 0.29) is 11.8 Å². The molecule has 2 amide bonds. The van der Waals surface area contributed by atoms with Crippen molar-refractivity contribution < 1.29 is 9.59 Å². The molecule has 1 unspecified atom stereocenters. The van der Waals surface area contributed by atoms with Crippen molar-refractivity contribution in [3.8, 4) is 0 Å². The summed E-state index contributed by atoms with van der Waals surface area (Å²) in [6, 6.07) is 0. The summed E-state index contributed by atoms with van der Waals surface area (Å²) in [5.74, 6) is -0.00588. The van der Waals surface area contributed by atoms with Gasteiger partial charge in [-0.2, -0.15) is 0 Å². The smallest absolute Gasteiger partial charge is 0.229 e. The molecule has 210 valence electrons. The van der Waals surface area contributed by atoms with Crippen LogP contribution in [-0.2, 0) is 9.59 Å². The Labute approximate surface area is 222 Å². The topological polar surface area (TPSA) is 46.2 Å². The average molecular weight is 508 g/mol. The lowest BCUT2D eigenvalue weighted by atomic mass is 9.68. The number of halogens is 1. The van der Waals surface area contributed by atoms with Gasteiger partial charge in [-0.3, -0.25) is 14.9 Å². The molecule has 0 bridgehead atoms. The van der Waals surface area contributed by atoms with Crippen molar-refractivity contribution in [2.75, 3.05) is 0 Å². The maximum Gasteiger partial charge on any atom is 0.229 e. The van der Waals surface area contributed by atoms with Gasteiger partial charge in [-0.15, -0.1) is 11.6 Å². The van der Waals surface area contributed by atoms with Crippen LogP contribution >= 0.6 is 11.6 Å². The number of imide groups is 1. The second-order valence-electron chi connectivity index (χ2n) is 9.33. The summed E-state index contributed by atoms with van der Waals surface area (Å²) in [7, 11) is 0. The summed E-state index contributed by atoms with van der Waals surface area (Å²) >= 11 is 5.27. The lowest BCUT2D eigenvalue weighted by Gasteiger charge is -2.37. The Hall–Kier alpha value is -0.570. The van der Waals surface area contributed by atoms with Crippen molar-refractivity contribution in [2.45, 2.75) is 167 Å². The molecule has 34 heavy (non-hydrogen) atoms. The Kier molecular flexibility index (Phi) is 39.0. The van der Waals surface area contributed by atoms with E-state index < -0.39 is 0 Å². The van der Waals surface area contributed by atoms with Crippen molar-refractivity contribution in [3.63, 3.8) is 0 Å². The van der Waals surface area contributed by atoms with Crippen LogP contribution in [0.1, 0.15) is 161 Å². The van der Waals surface area contributed by atoms with Gasteiger partial charge in [0.05, 0.1) is 0 Å². The molecular formula is C30H66ClNO2. The maximum atomic E-state index is 11.1. The molecule has 0 aromatic carbocycles. The molecule has 2 fully saturated rings. The molecule has 0 aliphatic heterocycles. The second-order valence-corrected chi connectivity index (χ2v) is 10.2. The van der Waals surface area contributed by atoms with Gasteiger partial charge in [0, 0.05) is 11.3 Å². The van der Waals surface area contributed by atoms with Crippen LogP contribution in [0.4, 0.5) is 0 Å². The van der Waals surface area contributed by atoms with Gasteiger partial charge in [0.2, 0.25) is 12.3 Å². The molecule has 2 rings (SSSR count). The molecule has 0 aromatic rings. The van der Waals surface area contributed by atoms with Crippen LogP contribution in [0.5, 0.6) is 0 Å². The van der Waals surface area contributed by atoms with Crippen LogP contribution < -0.4 is 5.32 Å². The van der Waals surface area contributed by atoms with E-state index in [2.05, 4.69) is 46.9 Å². The van der Waals surface area contributed by atoms with Crippen molar-refractivity contribution in [3.05, 3.63) is 0 Å². The number of hydrogen-bond donors (Lipinski definition) is 1. The van der Waals surface area contributed by atoms with E-state index in [1.165, 1.54) is 38.5 Å². The molecule has 1 atom stereocenters. The molecule has 2 saturated carbocycles. The van der Waals surface area contributed by atoms with Crippen molar-refractivity contribution in [1.82, 2.24) is 5.32 Å². The standard InChI is InChI=1S/C10H20.C8H13NO2.C3H7Cl.C3H8.3C2H6/c1-5-10(4)8-6-7-9(10,2)3;10-6-9-8(11)7-4-2-1-3-5-7;1-3(2)4;1-3-2;3*1-2/h5-8H2,1-4H3;6-7H,1-5H2,(H,9,10,11);3H,1-2H3;3H2,1-2H3;3*1-2H3. The van der Waals surface area contributed by atoms with E-state index in [0.717, 1.165) is 25.7 Å². The number of nitrogens with one attached hydrogen (secondary N) is 1. The summed E-state index contributed by atoms with van der Waals surface area (Å²) in [5, 5.41) is 2.50. The molecule has 0 aromatic heterocycles. The van der Waals surface area contributed by atoms with Gasteiger partial charge in [0.25, 0.3) is 0 Å². The molecule has 0 radical (unpaired) electrons. The van der Waals surface area contributed by atoms with E-state index in [1.54, 1.807) is 0 Å². The molecular weight excluding hydrogens is 442 g/mol. The minimum atomic E-state index is -0.0975. The molecule has 0 spiro atoms. The zero-order valence-corrected chi connectivity index (χ0v) is 26.8. The van der Waals surface area contributed by atoms with Gasteiger partial charge in [-0.25, -0.2) is 0 Å². The van der Waals surface area contributed by atoms with Gasteiger partial charge in [-0.05, 0) is 50.4 Å². The van der Waals surface area contributed by atoms with Crippen LogP contribution in [0.2, 0.25) is 0 Å². The summed E-state index contributed by atoms with van der Waals surface area (Å²) in [6.45, 7) is 29.7.